The predicted octanol–water partition coefficient (Wildman–Crippen LogP) is 5.27. The third-order valence-corrected chi connectivity index (χ3v) is 3.98. The number of halogens is 4. The van der Waals surface area contributed by atoms with Crippen molar-refractivity contribution in [1.29, 1.82) is 0 Å². The Hall–Kier alpha value is -2.22. The number of aryl methyl sites for hydroxylation is 2. The first-order valence-corrected chi connectivity index (χ1v) is 8.29. The molecular weight excluding hydrogens is 371 g/mol. The Balaban J connectivity index is 2.30. The van der Waals surface area contributed by atoms with Gasteiger partial charge in [0, 0.05) is 19.7 Å². The van der Waals surface area contributed by atoms with Gasteiger partial charge in [-0.15, -0.1) is 5.10 Å². The van der Waals surface area contributed by atoms with Gasteiger partial charge in [0.1, 0.15) is 0 Å². The smallest absolute Gasteiger partial charge is 0.416 e. The van der Waals surface area contributed by atoms with Gasteiger partial charge in [-0.1, -0.05) is 18.5 Å². The summed E-state index contributed by atoms with van der Waals surface area (Å²) in [5.74, 6) is 0.143. The Kier molecular flexibility index (Phi) is 5.85. The van der Waals surface area contributed by atoms with E-state index in [1.807, 2.05) is 6.92 Å². The van der Waals surface area contributed by atoms with E-state index in [-0.39, 0.29) is 28.2 Å². The van der Waals surface area contributed by atoms with E-state index in [4.69, 9.17) is 16.3 Å². The number of aromatic nitrogens is 2. The van der Waals surface area contributed by atoms with E-state index in [1.165, 1.54) is 22.6 Å². The normalized spacial score (nSPS) is 11.5. The molecule has 1 heterocycles. The van der Waals surface area contributed by atoms with E-state index in [0.717, 1.165) is 18.6 Å². The molecule has 142 valence electrons. The van der Waals surface area contributed by atoms with Crippen molar-refractivity contribution in [3.63, 3.8) is 0 Å². The number of carbonyl (C=O) groups is 1. The summed E-state index contributed by atoms with van der Waals surface area (Å²) in [4.78, 5) is 13.8. The number of nitrogens with zero attached hydrogens (tertiary/aromatic N) is 3. The zero-order chi connectivity index (χ0) is 19.6. The van der Waals surface area contributed by atoms with Gasteiger partial charge < -0.3 is 9.64 Å². The van der Waals surface area contributed by atoms with Crippen LogP contribution in [0.1, 0.15) is 30.2 Å². The van der Waals surface area contributed by atoms with Gasteiger partial charge in [0.15, 0.2) is 5.75 Å². The SMILES string of the molecule is CCCN(C)C(=O)n1nc(Oc2c(C)cc(C(F)(F)F)cc2Cl)cc1C. The molecule has 0 saturated carbocycles. The number of carbonyl (C=O) groups excluding carboxylic acids is 1. The van der Waals surface area contributed by atoms with E-state index < -0.39 is 11.7 Å². The van der Waals surface area contributed by atoms with Gasteiger partial charge in [0.25, 0.3) is 0 Å². The fourth-order valence-electron chi connectivity index (χ4n) is 2.41. The maximum absolute atomic E-state index is 12.8. The molecule has 0 aliphatic carbocycles. The molecule has 1 aromatic carbocycles. The molecule has 0 aliphatic heterocycles. The van der Waals surface area contributed by atoms with Crippen molar-refractivity contribution >= 4 is 17.6 Å². The Morgan fingerprint density at radius 3 is 2.50 bits per heavy atom. The molecule has 26 heavy (non-hydrogen) atoms. The topological polar surface area (TPSA) is 47.4 Å². The highest BCUT2D eigenvalue weighted by molar-refractivity contribution is 6.32. The molecule has 0 aliphatic rings. The molecule has 1 aromatic heterocycles. The van der Waals surface area contributed by atoms with Crippen LogP contribution in [-0.2, 0) is 6.18 Å². The van der Waals surface area contributed by atoms with Gasteiger partial charge in [-0.05, 0) is 38.0 Å². The summed E-state index contributed by atoms with van der Waals surface area (Å²) in [6, 6.07) is 2.94. The van der Waals surface area contributed by atoms with Crippen LogP contribution in [0.2, 0.25) is 5.02 Å². The van der Waals surface area contributed by atoms with E-state index >= 15 is 0 Å². The predicted molar refractivity (Wildman–Crippen MR) is 91.9 cm³/mol. The fourth-order valence-corrected chi connectivity index (χ4v) is 2.72. The highest BCUT2D eigenvalue weighted by Crippen LogP contribution is 2.38. The maximum atomic E-state index is 12.8. The number of hydrogen-bond acceptors (Lipinski definition) is 3. The van der Waals surface area contributed by atoms with Crippen LogP contribution < -0.4 is 4.74 Å². The standard InChI is InChI=1S/C17H19ClF3N3O2/c1-5-6-23(4)16(25)24-11(3)8-14(22-24)26-15-10(2)7-12(9-13(15)18)17(19,20)21/h7-9H,5-6H2,1-4H3. The zero-order valence-corrected chi connectivity index (χ0v) is 15.6. The number of ether oxygens (including phenoxy) is 1. The summed E-state index contributed by atoms with van der Waals surface area (Å²) < 4.78 is 45.2. The van der Waals surface area contributed by atoms with Crippen molar-refractivity contribution in [1.82, 2.24) is 14.7 Å². The second-order valence-electron chi connectivity index (χ2n) is 5.94. The molecule has 0 fully saturated rings. The van der Waals surface area contributed by atoms with E-state index in [9.17, 15) is 18.0 Å². The van der Waals surface area contributed by atoms with Crippen molar-refractivity contribution in [2.45, 2.75) is 33.4 Å². The first kappa shape index (κ1) is 20.1. The maximum Gasteiger partial charge on any atom is 0.416 e. The second-order valence-corrected chi connectivity index (χ2v) is 6.35. The van der Waals surface area contributed by atoms with Crippen LogP contribution in [0.15, 0.2) is 18.2 Å². The lowest BCUT2D eigenvalue weighted by Crippen LogP contribution is -2.32. The van der Waals surface area contributed by atoms with E-state index in [1.54, 1.807) is 14.0 Å². The van der Waals surface area contributed by atoms with Crippen LogP contribution in [0.4, 0.5) is 18.0 Å². The summed E-state index contributed by atoms with van der Waals surface area (Å²) in [5.41, 5.74) is -0.106. The molecule has 0 bridgehead atoms. The molecule has 5 nitrogen and oxygen atoms in total. The van der Waals surface area contributed by atoms with Crippen molar-refractivity contribution in [3.8, 4) is 11.6 Å². The Morgan fingerprint density at radius 1 is 1.31 bits per heavy atom. The average Bonchev–Trinajstić information content (AvgIpc) is 2.89. The third-order valence-electron chi connectivity index (χ3n) is 3.70. The highest BCUT2D eigenvalue weighted by Gasteiger charge is 2.32. The molecule has 0 radical (unpaired) electrons. The summed E-state index contributed by atoms with van der Waals surface area (Å²) in [5, 5.41) is 3.90. The Labute approximate surface area is 154 Å². The lowest BCUT2D eigenvalue weighted by atomic mass is 10.1. The molecule has 2 aromatic rings. The number of amides is 1. The lowest BCUT2D eigenvalue weighted by Gasteiger charge is -2.16. The van der Waals surface area contributed by atoms with Gasteiger partial charge in [0.2, 0.25) is 5.88 Å². The zero-order valence-electron chi connectivity index (χ0n) is 14.8. The van der Waals surface area contributed by atoms with Crippen LogP contribution in [0.5, 0.6) is 11.6 Å². The van der Waals surface area contributed by atoms with E-state index in [0.29, 0.717) is 12.2 Å². The number of hydrogen-bond donors (Lipinski definition) is 0. The van der Waals surface area contributed by atoms with Crippen molar-refractivity contribution in [2.75, 3.05) is 13.6 Å². The lowest BCUT2D eigenvalue weighted by molar-refractivity contribution is -0.137. The first-order chi connectivity index (χ1) is 12.0. The molecule has 9 heteroatoms. The van der Waals surface area contributed by atoms with Gasteiger partial charge >= 0.3 is 12.2 Å². The first-order valence-electron chi connectivity index (χ1n) is 7.92. The van der Waals surface area contributed by atoms with Gasteiger partial charge in [0.05, 0.1) is 16.3 Å². The van der Waals surface area contributed by atoms with Crippen molar-refractivity contribution < 1.29 is 22.7 Å². The third kappa shape index (κ3) is 4.30. The minimum absolute atomic E-state index is 0.0682. The number of alkyl halides is 3. The Morgan fingerprint density at radius 2 is 1.96 bits per heavy atom. The molecule has 0 spiro atoms. The minimum Gasteiger partial charge on any atom is -0.436 e. The molecule has 0 atom stereocenters. The van der Waals surface area contributed by atoms with Gasteiger partial charge in [-0.2, -0.15) is 17.9 Å². The molecular formula is C17H19ClF3N3O2. The van der Waals surface area contributed by atoms with Crippen molar-refractivity contribution in [2.24, 2.45) is 0 Å². The highest BCUT2D eigenvalue weighted by atomic mass is 35.5. The van der Waals surface area contributed by atoms with Crippen LogP contribution in [-0.4, -0.2) is 34.3 Å². The minimum atomic E-state index is -4.50. The molecule has 0 N–H and O–H groups in total. The number of rotatable bonds is 4. The van der Waals surface area contributed by atoms with Crippen LogP contribution >= 0.6 is 11.6 Å². The molecule has 2 rings (SSSR count). The Bertz CT molecular complexity index is 795. The molecule has 0 saturated heterocycles. The molecule has 0 unspecified atom stereocenters. The monoisotopic (exact) mass is 389 g/mol. The van der Waals surface area contributed by atoms with Crippen molar-refractivity contribution in [3.05, 3.63) is 40.0 Å². The summed E-state index contributed by atoms with van der Waals surface area (Å²) in [7, 11) is 1.66. The van der Waals surface area contributed by atoms with Gasteiger partial charge in [-0.25, -0.2) is 4.79 Å². The molecule has 1 amide bonds. The second kappa shape index (κ2) is 7.57. The van der Waals surface area contributed by atoms with E-state index in [2.05, 4.69) is 5.10 Å². The number of benzene rings is 1. The van der Waals surface area contributed by atoms with Crippen LogP contribution in [0, 0.1) is 13.8 Å². The van der Waals surface area contributed by atoms with Gasteiger partial charge in [-0.3, -0.25) is 0 Å². The summed E-state index contributed by atoms with van der Waals surface area (Å²) >= 11 is 5.96. The van der Waals surface area contributed by atoms with Crippen LogP contribution in [0.25, 0.3) is 0 Å². The van der Waals surface area contributed by atoms with Crippen LogP contribution in [0.3, 0.4) is 0 Å². The summed E-state index contributed by atoms with van der Waals surface area (Å²) in [6.07, 6.45) is -3.70. The average molecular weight is 390 g/mol. The quantitative estimate of drug-likeness (QED) is 0.715. The summed E-state index contributed by atoms with van der Waals surface area (Å²) in [6.45, 7) is 5.65. The fraction of sp³-hybridized carbons (Fsp3) is 0.412. The largest absolute Gasteiger partial charge is 0.436 e.